The summed E-state index contributed by atoms with van der Waals surface area (Å²) in [5.74, 6) is 0. The van der Waals surface area contributed by atoms with Crippen LogP contribution < -0.4 is 5.56 Å². The van der Waals surface area contributed by atoms with Crippen LogP contribution in [0.4, 0.5) is 0 Å². The number of hydrogen-bond acceptors (Lipinski definition) is 1. The van der Waals surface area contributed by atoms with Crippen molar-refractivity contribution in [2.75, 3.05) is 0 Å². The maximum atomic E-state index is 11.8. The van der Waals surface area contributed by atoms with Crippen LogP contribution in [0, 0.1) is 0 Å². The molecule has 0 amide bonds. The summed E-state index contributed by atoms with van der Waals surface area (Å²) in [5.41, 5.74) is 2.22. The molecule has 0 fully saturated rings. The van der Waals surface area contributed by atoms with E-state index in [1.165, 1.54) is 5.39 Å². The SMILES string of the molecule is C=CCCCc1cc(=O)n(C)c2ccccc12. The Hall–Kier alpha value is -1.83. The van der Waals surface area contributed by atoms with Gasteiger partial charge in [-0.3, -0.25) is 4.79 Å². The Balaban J connectivity index is 2.51. The number of allylic oxidation sites excluding steroid dienone is 1. The second-order valence-corrected chi connectivity index (χ2v) is 4.26. The Morgan fingerprint density at radius 1 is 1.35 bits per heavy atom. The van der Waals surface area contributed by atoms with Gasteiger partial charge in [0.15, 0.2) is 0 Å². The predicted octanol–water partition coefficient (Wildman–Crippen LogP) is 3.05. The standard InChI is InChI=1S/C15H17NO/c1-3-4-5-8-12-11-15(17)16(2)14-10-7-6-9-13(12)14/h3,6-7,9-11H,1,4-5,8H2,2H3. The fourth-order valence-electron chi connectivity index (χ4n) is 2.12. The summed E-state index contributed by atoms with van der Waals surface area (Å²) in [6, 6.07) is 9.82. The average Bonchev–Trinajstić information content (AvgIpc) is 2.36. The zero-order valence-corrected chi connectivity index (χ0v) is 10.1. The number of aromatic nitrogens is 1. The van der Waals surface area contributed by atoms with Gasteiger partial charge in [-0.2, -0.15) is 0 Å². The van der Waals surface area contributed by atoms with Gasteiger partial charge in [0.25, 0.3) is 5.56 Å². The van der Waals surface area contributed by atoms with Crippen molar-refractivity contribution in [2.45, 2.75) is 19.3 Å². The molecule has 17 heavy (non-hydrogen) atoms. The smallest absolute Gasteiger partial charge is 0.251 e. The molecular weight excluding hydrogens is 210 g/mol. The minimum atomic E-state index is 0.0669. The molecule has 0 saturated heterocycles. The number of benzene rings is 1. The Morgan fingerprint density at radius 3 is 2.88 bits per heavy atom. The number of hydrogen-bond donors (Lipinski definition) is 0. The second-order valence-electron chi connectivity index (χ2n) is 4.26. The van der Waals surface area contributed by atoms with Gasteiger partial charge in [0.1, 0.15) is 0 Å². The summed E-state index contributed by atoms with van der Waals surface area (Å²) < 4.78 is 1.70. The Kier molecular flexibility index (Phi) is 3.43. The lowest BCUT2D eigenvalue weighted by Crippen LogP contribution is -2.17. The van der Waals surface area contributed by atoms with Gasteiger partial charge in [-0.1, -0.05) is 24.3 Å². The molecule has 0 aliphatic carbocycles. The van der Waals surface area contributed by atoms with Crippen LogP contribution in [0.1, 0.15) is 18.4 Å². The van der Waals surface area contributed by atoms with E-state index in [0.717, 1.165) is 30.3 Å². The molecule has 0 saturated carbocycles. The molecule has 2 nitrogen and oxygen atoms in total. The van der Waals surface area contributed by atoms with E-state index in [2.05, 4.69) is 12.6 Å². The number of nitrogens with zero attached hydrogens (tertiary/aromatic N) is 1. The van der Waals surface area contributed by atoms with Crippen LogP contribution in [0.5, 0.6) is 0 Å². The third kappa shape index (κ3) is 2.31. The van der Waals surface area contributed by atoms with Crippen LogP contribution in [-0.2, 0) is 13.5 Å². The van der Waals surface area contributed by atoms with E-state index in [1.807, 2.05) is 31.3 Å². The second kappa shape index (κ2) is 5.00. The number of rotatable bonds is 4. The first kappa shape index (κ1) is 11.6. The van der Waals surface area contributed by atoms with Crippen LogP contribution in [0.15, 0.2) is 47.8 Å². The van der Waals surface area contributed by atoms with Crippen molar-refractivity contribution in [3.8, 4) is 0 Å². The largest absolute Gasteiger partial charge is 0.311 e. The number of fused-ring (bicyclic) bond motifs is 1. The van der Waals surface area contributed by atoms with Gasteiger partial charge in [0, 0.05) is 18.5 Å². The lowest BCUT2D eigenvalue weighted by Gasteiger charge is -2.09. The zero-order chi connectivity index (χ0) is 12.3. The minimum absolute atomic E-state index is 0.0669. The molecule has 0 aliphatic heterocycles. The first-order valence-corrected chi connectivity index (χ1v) is 5.92. The zero-order valence-electron chi connectivity index (χ0n) is 10.1. The van der Waals surface area contributed by atoms with Gasteiger partial charge in [-0.15, -0.1) is 6.58 Å². The molecule has 0 unspecified atom stereocenters. The van der Waals surface area contributed by atoms with Gasteiger partial charge in [-0.25, -0.2) is 0 Å². The summed E-state index contributed by atoms with van der Waals surface area (Å²) in [5, 5.41) is 1.18. The summed E-state index contributed by atoms with van der Waals surface area (Å²) in [6.45, 7) is 3.72. The van der Waals surface area contributed by atoms with Crippen LogP contribution in [0.25, 0.3) is 10.9 Å². The van der Waals surface area contributed by atoms with E-state index in [0.29, 0.717) is 0 Å². The van der Waals surface area contributed by atoms with Crippen molar-refractivity contribution in [1.29, 1.82) is 0 Å². The Labute approximate surface area is 101 Å². The molecule has 88 valence electrons. The van der Waals surface area contributed by atoms with Gasteiger partial charge < -0.3 is 4.57 Å². The van der Waals surface area contributed by atoms with E-state index in [1.54, 1.807) is 10.6 Å². The van der Waals surface area contributed by atoms with Crippen LogP contribution >= 0.6 is 0 Å². The van der Waals surface area contributed by atoms with Gasteiger partial charge in [-0.05, 0) is 30.9 Å². The van der Waals surface area contributed by atoms with Gasteiger partial charge in [0.2, 0.25) is 0 Å². The lowest BCUT2D eigenvalue weighted by molar-refractivity contribution is 0.835. The monoisotopic (exact) mass is 227 g/mol. The third-order valence-corrected chi connectivity index (χ3v) is 3.09. The van der Waals surface area contributed by atoms with Crippen molar-refractivity contribution in [2.24, 2.45) is 7.05 Å². The average molecular weight is 227 g/mol. The van der Waals surface area contributed by atoms with Crippen molar-refractivity contribution in [1.82, 2.24) is 4.57 Å². The summed E-state index contributed by atoms with van der Waals surface area (Å²) >= 11 is 0. The molecule has 1 aromatic carbocycles. The number of unbranched alkanes of at least 4 members (excludes halogenated alkanes) is 1. The van der Waals surface area contributed by atoms with Crippen molar-refractivity contribution >= 4 is 10.9 Å². The summed E-state index contributed by atoms with van der Waals surface area (Å²) in [6.07, 6.45) is 4.88. The first-order chi connectivity index (χ1) is 8.24. The number of pyridine rings is 1. The highest BCUT2D eigenvalue weighted by Gasteiger charge is 2.05. The normalized spacial score (nSPS) is 10.6. The molecule has 0 radical (unpaired) electrons. The molecule has 2 aromatic rings. The van der Waals surface area contributed by atoms with Crippen LogP contribution in [-0.4, -0.2) is 4.57 Å². The maximum absolute atomic E-state index is 11.8. The van der Waals surface area contributed by atoms with E-state index in [-0.39, 0.29) is 5.56 Å². The highest BCUT2D eigenvalue weighted by molar-refractivity contribution is 5.82. The third-order valence-electron chi connectivity index (χ3n) is 3.09. The van der Waals surface area contributed by atoms with Crippen LogP contribution in [0.3, 0.4) is 0 Å². The van der Waals surface area contributed by atoms with Crippen molar-refractivity contribution in [3.63, 3.8) is 0 Å². The Bertz CT molecular complexity index is 595. The number of para-hydroxylation sites is 1. The molecule has 2 heteroatoms. The molecular formula is C15H17NO. The molecule has 2 rings (SSSR count). The first-order valence-electron chi connectivity index (χ1n) is 5.92. The topological polar surface area (TPSA) is 22.0 Å². The quantitative estimate of drug-likeness (QED) is 0.581. The minimum Gasteiger partial charge on any atom is -0.311 e. The molecule has 0 spiro atoms. The van der Waals surface area contributed by atoms with Gasteiger partial charge >= 0.3 is 0 Å². The van der Waals surface area contributed by atoms with E-state index in [4.69, 9.17) is 0 Å². The molecule has 0 aliphatic rings. The lowest BCUT2D eigenvalue weighted by atomic mass is 10.0. The summed E-state index contributed by atoms with van der Waals surface area (Å²) in [4.78, 5) is 11.8. The van der Waals surface area contributed by atoms with E-state index < -0.39 is 0 Å². The Morgan fingerprint density at radius 2 is 2.12 bits per heavy atom. The molecule has 1 aromatic heterocycles. The highest BCUT2D eigenvalue weighted by atomic mass is 16.1. The van der Waals surface area contributed by atoms with E-state index >= 15 is 0 Å². The van der Waals surface area contributed by atoms with Crippen molar-refractivity contribution < 1.29 is 0 Å². The molecule has 0 bridgehead atoms. The summed E-state index contributed by atoms with van der Waals surface area (Å²) in [7, 11) is 1.82. The predicted molar refractivity (Wildman–Crippen MR) is 72.3 cm³/mol. The van der Waals surface area contributed by atoms with Crippen molar-refractivity contribution in [3.05, 3.63) is 58.9 Å². The highest BCUT2D eigenvalue weighted by Crippen LogP contribution is 2.17. The van der Waals surface area contributed by atoms with Crippen LogP contribution in [0.2, 0.25) is 0 Å². The van der Waals surface area contributed by atoms with E-state index in [9.17, 15) is 4.79 Å². The molecule has 1 heterocycles. The molecule has 0 atom stereocenters. The number of aryl methyl sites for hydroxylation is 2. The maximum Gasteiger partial charge on any atom is 0.251 e. The van der Waals surface area contributed by atoms with Gasteiger partial charge in [0.05, 0.1) is 5.52 Å². The fraction of sp³-hybridized carbons (Fsp3) is 0.267. The fourth-order valence-corrected chi connectivity index (χ4v) is 2.12. The molecule has 0 N–H and O–H groups in total.